The first-order valence-electron chi connectivity index (χ1n) is 7.78. The summed E-state index contributed by atoms with van der Waals surface area (Å²) in [6, 6.07) is 5.63. The molecule has 1 unspecified atom stereocenters. The van der Waals surface area contributed by atoms with Crippen molar-refractivity contribution in [2.75, 3.05) is 20.8 Å². The van der Waals surface area contributed by atoms with Gasteiger partial charge in [-0.2, -0.15) is 0 Å². The third kappa shape index (κ3) is 3.33. The van der Waals surface area contributed by atoms with Gasteiger partial charge in [-0.05, 0) is 31.9 Å². The van der Waals surface area contributed by atoms with Gasteiger partial charge in [-0.25, -0.2) is 0 Å². The number of rotatable bonds is 6. The third-order valence-electron chi connectivity index (χ3n) is 4.47. The maximum Gasteiger partial charge on any atom is 0.127 e. The molecule has 4 heteroatoms. The van der Waals surface area contributed by atoms with Crippen LogP contribution in [0.2, 0.25) is 0 Å². The van der Waals surface area contributed by atoms with Gasteiger partial charge in [-0.3, -0.25) is 0 Å². The Morgan fingerprint density at radius 1 is 1.14 bits per heavy atom. The summed E-state index contributed by atoms with van der Waals surface area (Å²) in [5.41, 5.74) is 7.34. The Labute approximate surface area is 127 Å². The summed E-state index contributed by atoms with van der Waals surface area (Å²) in [7, 11) is 3.32. The number of hydrogen-bond acceptors (Lipinski definition) is 4. The minimum atomic E-state index is -0.269. The topological polar surface area (TPSA) is 53.7 Å². The Balaban J connectivity index is 2.33. The molecule has 1 fully saturated rings. The lowest BCUT2D eigenvalue weighted by molar-refractivity contribution is -0.0834. The maximum absolute atomic E-state index is 6.61. The molecule has 2 rings (SSSR count). The molecule has 21 heavy (non-hydrogen) atoms. The van der Waals surface area contributed by atoms with E-state index in [0.29, 0.717) is 6.61 Å². The highest BCUT2D eigenvalue weighted by atomic mass is 16.5. The zero-order valence-electron chi connectivity index (χ0n) is 13.4. The minimum Gasteiger partial charge on any atom is -0.497 e. The Bertz CT molecular complexity index is 450. The predicted molar refractivity (Wildman–Crippen MR) is 83.9 cm³/mol. The first kappa shape index (κ1) is 16.1. The van der Waals surface area contributed by atoms with Crippen molar-refractivity contribution in [2.24, 2.45) is 5.73 Å². The lowest BCUT2D eigenvalue weighted by Gasteiger charge is -2.42. The Kier molecular flexibility index (Phi) is 5.48. The van der Waals surface area contributed by atoms with Crippen molar-refractivity contribution in [3.8, 4) is 11.5 Å². The van der Waals surface area contributed by atoms with Crippen LogP contribution < -0.4 is 15.2 Å². The van der Waals surface area contributed by atoms with E-state index in [1.54, 1.807) is 14.2 Å². The monoisotopic (exact) mass is 293 g/mol. The lowest BCUT2D eigenvalue weighted by atomic mass is 9.76. The summed E-state index contributed by atoms with van der Waals surface area (Å²) in [6.07, 6.45) is 5.63. The van der Waals surface area contributed by atoms with E-state index in [1.165, 1.54) is 19.3 Å². The van der Waals surface area contributed by atoms with Crippen molar-refractivity contribution in [3.63, 3.8) is 0 Å². The van der Waals surface area contributed by atoms with Crippen LogP contribution in [-0.4, -0.2) is 26.4 Å². The van der Waals surface area contributed by atoms with Crippen LogP contribution in [0.3, 0.4) is 0 Å². The lowest BCUT2D eigenvalue weighted by Crippen LogP contribution is -2.45. The smallest absolute Gasteiger partial charge is 0.127 e. The summed E-state index contributed by atoms with van der Waals surface area (Å²) < 4.78 is 16.9. The quantitative estimate of drug-likeness (QED) is 0.873. The highest BCUT2D eigenvalue weighted by Gasteiger charge is 2.40. The molecule has 0 heterocycles. The fourth-order valence-electron chi connectivity index (χ4n) is 3.34. The molecule has 1 aromatic carbocycles. The van der Waals surface area contributed by atoms with Crippen molar-refractivity contribution in [2.45, 2.75) is 50.7 Å². The Morgan fingerprint density at radius 2 is 1.86 bits per heavy atom. The van der Waals surface area contributed by atoms with Gasteiger partial charge in [0.1, 0.15) is 11.5 Å². The second kappa shape index (κ2) is 7.14. The average molecular weight is 293 g/mol. The van der Waals surface area contributed by atoms with E-state index >= 15 is 0 Å². The van der Waals surface area contributed by atoms with Crippen LogP contribution >= 0.6 is 0 Å². The largest absolute Gasteiger partial charge is 0.497 e. The van der Waals surface area contributed by atoms with Crippen LogP contribution in [0.25, 0.3) is 0 Å². The molecule has 0 amide bonds. The average Bonchev–Trinajstić information content (AvgIpc) is 2.54. The van der Waals surface area contributed by atoms with Crippen LogP contribution in [0.1, 0.15) is 50.6 Å². The van der Waals surface area contributed by atoms with Gasteiger partial charge in [0.15, 0.2) is 0 Å². The summed E-state index contributed by atoms with van der Waals surface area (Å²) >= 11 is 0. The minimum absolute atomic E-state index is 0.182. The number of ether oxygens (including phenoxy) is 3. The molecule has 0 aromatic heterocycles. The molecule has 0 radical (unpaired) electrons. The molecule has 1 aromatic rings. The van der Waals surface area contributed by atoms with Crippen molar-refractivity contribution < 1.29 is 14.2 Å². The van der Waals surface area contributed by atoms with E-state index < -0.39 is 0 Å². The zero-order valence-corrected chi connectivity index (χ0v) is 13.4. The Hall–Kier alpha value is -1.26. The van der Waals surface area contributed by atoms with E-state index in [1.807, 2.05) is 25.1 Å². The molecule has 118 valence electrons. The number of hydrogen-bond donors (Lipinski definition) is 1. The summed E-state index contributed by atoms with van der Waals surface area (Å²) in [5, 5.41) is 0. The molecular weight excluding hydrogens is 266 g/mol. The van der Waals surface area contributed by atoms with Gasteiger partial charge in [-0.15, -0.1) is 0 Å². The fraction of sp³-hybridized carbons (Fsp3) is 0.647. The maximum atomic E-state index is 6.61. The molecule has 0 saturated heterocycles. The first-order chi connectivity index (χ1) is 10.2. The van der Waals surface area contributed by atoms with Crippen molar-refractivity contribution in [1.82, 2.24) is 0 Å². The molecule has 0 bridgehead atoms. The van der Waals surface area contributed by atoms with Gasteiger partial charge in [0.2, 0.25) is 0 Å². The first-order valence-corrected chi connectivity index (χ1v) is 7.78. The van der Waals surface area contributed by atoms with Gasteiger partial charge in [0.25, 0.3) is 0 Å². The molecule has 4 nitrogen and oxygen atoms in total. The van der Waals surface area contributed by atoms with Crippen LogP contribution in [-0.2, 0) is 4.74 Å². The third-order valence-corrected chi connectivity index (χ3v) is 4.47. The fourth-order valence-corrected chi connectivity index (χ4v) is 3.34. The highest BCUT2D eigenvalue weighted by molar-refractivity contribution is 5.43. The van der Waals surface area contributed by atoms with Crippen molar-refractivity contribution in [3.05, 3.63) is 23.8 Å². The second-order valence-electron chi connectivity index (χ2n) is 5.64. The normalized spacial score (nSPS) is 19.0. The molecule has 1 saturated carbocycles. The molecule has 1 aliphatic carbocycles. The van der Waals surface area contributed by atoms with E-state index in [-0.39, 0.29) is 11.6 Å². The summed E-state index contributed by atoms with van der Waals surface area (Å²) in [6.45, 7) is 2.72. The molecule has 0 spiro atoms. The van der Waals surface area contributed by atoms with Crippen molar-refractivity contribution in [1.29, 1.82) is 0 Å². The van der Waals surface area contributed by atoms with Gasteiger partial charge < -0.3 is 19.9 Å². The van der Waals surface area contributed by atoms with Gasteiger partial charge in [0.05, 0.1) is 25.9 Å². The van der Waals surface area contributed by atoms with Crippen LogP contribution in [0.4, 0.5) is 0 Å². The van der Waals surface area contributed by atoms with Crippen LogP contribution in [0.5, 0.6) is 11.5 Å². The summed E-state index contributed by atoms with van der Waals surface area (Å²) in [4.78, 5) is 0. The molecule has 1 atom stereocenters. The van der Waals surface area contributed by atoms with Gasteiger partial charge in [0, 0.05) is 18.2 Å². The summed E-state index contributed by atoms with van der Waals surface area (Å²) in [5.74, 6) is 1.54. The van der Waals surface area contributed by atoms with E-state index in [2.05, 4.69) is 0 Å². The zero-order chi connectivity index (χ0) is 15.3. The number of methoxy groups -OCH3 is 2. The van der Waals surface area contributed by atoms with Crippen LogP contribution in [0.15, 0.2) is 18.2 Å². The second-order valence-corrected chi connectivity index (χ2v) is 5.64. The van der Waals surface area contributed by atoms with E-state index in [4.69, 9.17) is 19.9 Å². The van der Waals surface area contributed by atoms with Gasteiger partial charge >= 0.3 is 0 Å². The Morgan fingerprint density at radius 3 is 2.43 bits per heavy atom. The standard InChI is InChI=1S/C17H27NO3/c1-4-21-17(10-6-5-7-11-17)16(18)14-9-8-13(19-2)12-15(14)20-3/h8-9,12,16H,4-7,10-11,18H2,1-3H3. The van der Waals surface area contributed by atoms with Gasteiger partial charge in [-0.1, -0.05) is 19.3 Å². The highest BCUT2D eigenvalue weighted by Crippen LogP contribution is 2.43. The van der Waals surface area contributed by atoms with E-state index in [9.17, 15) is 0 Å². The van der Waals surface area contributed by atoms with Crippen LogP contribution in [0, 0.1) is 0 Å². The molecule has 1 aliphatic rings. The SMILES string of the molecule is CCOC1(C(N)c2ccc(OC)cc2OC)CCCCC1. The number of nitrogens with two attached hydrogens (primary N) is 1. The number of benzene rings is 1. The molecule has 0 aliphatic heterocycles. The molecular formula is C17H27NO3. The predicted octanol–water partition coefficient (Wildman–Crippen LogP) is 3.44. The van der Waals surface area contributed by atoms with Crippen molar-refractivity contribution >= 4 is 0 Å². The molecule has 2 N–H and O–H groups in total. The van der Waals surface area contributed by atoms with E-state index in [0.717, 1.165) is 29.9 Å².